The molecule has 0 unspecified atom stereocenters. The normalized spacial score (nSPS) is 21.6. The van der Waals surface area contributed by atoms with Crippen LogP contribution in [0.3, 0.4) is 0 Å². The van der Waals surface area contributed by atoms with Crippen LogP contribution in [0, 0.1) is 0 Å². The van der Waals surface area contributed by atoms with E-state index in [-0.39, 0.29) is 5.60 Å². The topological polar surface area (TPSA) is 24.5 Å². The summed E-state index contributed by atoms with van der Waals surface area (Å²) in [4.78, 5) is 2.50. The molecule has 0 saturated carbocycles. The van der Waals surface area contributed by atoms with Crippen molar-refractivity contribution in [2.45, 2.75) is 52.2 Å². The van der Waals surface area contributed by atoms with E-state index < -0.39 is 0 Å². The van der Waals surface area contributed by atoms with E-state index in [0.717, 1.165) is 32.8 Å². The van der Waals surface area contributed by atoms with Gasteiger partial charge in [0.1, 0.15) is 0 Å². The Morgan fingerprint density at radius 2 is 2.00 bits per heavy atom. The quantitative estimate of drug-likeness (QED) is 0.751. The summed E-state index contributed by atoms with van der Waals surface area (Å²) in [6.07, 6.45) is 2.45. The highest BCUT2D eigenvalue weighted by Crippen LogP contribution is 2.15. The second-order valence-corrected chi connectivity index (χ2v) is 5.35. The molecule has 1 saturated heterocycles. The number of nitrogens with one attached hydrogen (secondary N) is 1. The molecule has 1 aliphatic rings. The van der Waals surface area contributed by atoms with E-state index >= 15 is 0 Å². The van der Waals surface area contributed by atoms with Crippen molar-refractivity contribution < 1.29 is 4.74 Å². The highest BCUT2D eigenvalue weighted by molar-refractivity contribution is 4.79. The van der Waals surface area contributed by atoms with Gasteiger partial charge >= 0.3 is 0 Å². The van der Waals surface area contributed by atoms with Crippen LogP contribution in [0.15, 0.2) is 0 Å². The molecule has 16 heavy (non-hydrogen) atoms. The Kier molecular flexibility index (Phi) is 5.73. The molecule has 3 nitrogen and oxygen atoms in total. The van der Waals surface area contributed by atoms with Gasteiger partial charge in [0.15, 0.2) is 0 Å². The molecule has 0 aromatic rings. The maximum Gasteiger partial charge on any atom is 0.0753 e. The lowest BCUT2D eigenvalue weighted by molar-refractivity contribution is -0.0855. The first kappa shape index (κ1) is 13.9. The van der Waals surface area contributed by atoms with Crippen LogP contribution in [-0.4, -0.2) is 49.3 Å². The molecule has 0 aliphatic carbocycles. The lowest BCUT2D eigenvalue weighted by Gasteiger charge is -2.38. The molecule has 0 aromatic carbocycles. The minimum atomic E-state index is 0.0349. The van der Waals surface area contributed by atoms with Gasteiger partial charge in [0.25, 0.3) is 0 Å². The average molecular weight is 228 g/mol. The summed E-state index contributed by atoms with van der Waals surface area (Å²) in [5.41, 5.74) is 0.0349. The maximum absolute atomic E-state index is 5.70. The summed E-state index contributed by atoms with van der Waals surface area (Å²) >= 11 is 0. The van der Waals surface area contributed by atoms with Gasteiger partial charge < -0.3 is 10.1 Å². The molecule has 1 aliphatic heterocycles. The minimum Gasteiger partial charge on any atom is -0.373 e. The zero-order valence-electron chi connectivity index (χ0n) is 11.4. The lowest BCUT2D eigenvalue weighted by Crippen LogP contribution is -2.50. The van der Waals surface area contributed by atoms with E-state index in [4.69, 9.17) is 4.74 Å². The number of hydrogen-bond donors (Lipinski definition) is 1. The second-order valence-electron chi connectivity index (χ2n) is 5.35. The van der Waals surface area contributed by atoms with E-state index in [1.54, 1.807) is 0 Å². The molecule has 0 spiro atoms. The van der Waals surface area contributed by atoms with Crippen LogP contribution in [0.2, 0.25) is 0 Å². The van der Waals surface area contributed by atoms with Gasteiger partial charge in [-0.25, -0.2) is 0 Å². The van der Waals surface area contributed by atoms with Gasteiger partial charge in [-0.1, -0.05) is 13.8 Å². The van der Waals surface area contributed by atoms with Crippen LogP contribution in [0.5, 0.6) is 0 Å². The van der Waals surface area contributed by atoms with Crippen molar-refractivity contribution in [2.24, 2.45) is 0 Å². The highest BCUT2D eigenvalue weighted by atomic mass is 16.5. The fraction of sp³-hybridized carbons (Fsp3) is 1.00. The van der Waals surface area contributed by atoms with Crippen molar-refractivity contribution in [3.05, 3.63) is 0 Å². The predicted octanol–water partition coefficient (Wildman–Crippen LogP) is 1.88. The Labute approximate surface area is 101 Å². The lowest BCUT2D eigenvalue weighted by atomic mass is 10.1. The Bertz CT molecular complexity index is 190. The van der Waals surface area contributed by atoms with Crippen LogP contribution in [0.1, 0.15) is 40.5 Å². The van der Waals surface area contributed by atoms with Gasteiger partial charge in [-0.3, -0.25) is 4.90 Å². The zero-order chi connectivity index (χ0) is 12.0. The molecule has 0 radical (unpaired) electrons. The first-order valence-electron chi connectivity index (χ1n) is 6.67. The maximum atomic E-state index is 5.70. The molecule has 1 heterocycles. The fourth-order valence-electron chi connectivity index (χ4n) is 2.31. The van der Waals surface area contributed by atoms with Crippen LogP contribution >= 0.6 is 0 Å². The van der Waals surface area contributed by atoms with Crippen molar-refractivity contribution in [2.75, 3.05) is 32.8 Å². The van der Waals surface area contributed by atoms with E-state index in [1.165, 1.54) is 12.8 Å². The number of hydrogen-bond acceptors (Lipinski definition) is 3. The summed E-state index contributed by atoms with van der Waals surface area (Å²) < 4.78 is 5.70. The van der Waals surface area contributed by atoms with E-state index in [0.29, 0.717) is 6.04 Å². The van der Waals surface area contributed by atoms with Gasteiger partial charge in [0.05, 0.1) is 12.2 Å². The standard InChI is InChI=1S/C13H28N2O/c1-5-12(6-2)14-7-8-15-9-10-16-13(3,4)11-15/h12,14H,5-11H2,1-4H3. The van der Waals surface area contributed by atoms with Gasteiger partial charge in [-0.15, -0.1) is 0 Å². The van der Waals surface area contributed by atoms with Crippen molar-refractivity contribution in [3.63, 3.8) is 0 Å². The number of morpholine rings is 1. The summed E-state index contributed by atoms with van der Waals surface area (Å²) in [5, 5.41) is 3.61. The summed E-state index contributed by atoms with van der Waals surface area (Å²) in [7, 11) is 0. The first-order valence-corrected chi connectivity index (χ1v) is 6.67. The molecule has 0 aromatic heterocycles. The largest absolute Gasteiger partial charge is 0.373 e. The second kappa shape index (κ2) is 6.58. The molecule has 1 rings (SSSR count). The smallest absolute Gasteiger partial charge is 0.0753 e. The third kappa shape index (κ3) is 4.81. The van der Waals surface area contributed by atoms with Crippen LogP contribution in [-0.2, 0) is 4.74 Å². The van der Waals surface area contributed by atoms with Crippen molar-refractivity contribution in [1.82, 2.24) is 10.2 Å². The molecular formula is C13H28N2O. The molecule has 96 valence electrons. The van der Waals surface area contributed by atoms with Gasteiger partial charge in [0.2, 0.25) is 0 Å². The minimum absolute atomic E-state index is 0.0349. The number of nitrogens with zero attached hydrogens (tertiary/aromatic N) is 1. The van der Waals surface area contributed by atoms with Gasteiger partial charge in [-0.05, 0) is 26.7 Å². The molecule has 0 amide bonds. The van der Waals surface area contributed by atoms with Crippen molar-refractivity contribution in [1.29, 1.82) is 0 Å². The molecule has 0 atom stereocenters. The Morgan fingerprint density at radius 3 is 2.56 bits per heavy atom. The molecule has 1 fully saturated rings. The summed E-state index contributed by atoms with van der Waals surface area (Å²) in [5.74, 6) is 0. The number of rotatable bonds is 6. The number of ether oxygens (including phenoxy) is 1. The third-order valence-corrected chi connectivity index (χ3v) is 3.35. The highest BCUT2D eigenvalue weighted by Gasteiger charge is 2.26. The predicted molar refractivity (Wildman–Crippen MR) is 68.8 cm³/mol. The molecule has 0 bridgehead atoms. The Balaban J connectivity index is 2.17. The zero-order valence-corrected chi connectivity index (χ0v) is 11.4. The van der Waals surface area contributed by atoms with E-state index in [1.807, 2.05) is 0 Å². The van der Waals surface area contributed by atoms with E-state index in [2.05, 4.69) is 37.9 Å². The van der Waals surface area contributed by atoms with Crippen LogP contribution in [0.4, 0.5) is 0 Å². The monoisotopic (exact) mass is 228 g/mol. The summed E-state index contributed by atoms with van der Waals surface area (Å²) in [6.45, 7) is 14.1. The van der Waals surface area contributed by atoms with Crippen LogP contribution < -0.4 is 5.32 Å². The fourth-order valence-corrected chi connectivity index (χ4v) is 2.31. The molecule has 1 N–H and O–H groups in total. The Hall–Kier alpha value is -0.120. The van der Waals surface area contributed by atoms with Crippen molar-refractivity contribution in [3.8, 4) is 0 Å². The van der Waals surface area contributed by atoms with Crippen LogP contribution in [0.25, 0.3) is 0 Å². The SMILES string of the molecule is CCC(CC)NCCN1CCOC(C)(C)C1. The first-order chi connectivity index (χ1) is 7.57. The molecular weight excluding hydrogens is 200 g/mol. The Morgan fingerprint density at radius 1 is 1.31 bits per heavy atom. The van der Waals surface area contributed by atoms with Gasteiger partial charge in [0, 0.05) is 32.2 Å². The molecule has 3 heteroatoms. The van der Waals surface area contributed by atoms with Gasteiger partial charge in [-0.2, -0.15) is 0 Å². The van der Waals surface area contributed by atoms with Crippen molar-refractivity contribution >= 4 is 0 Å². The average Bonchev–Trinajstić information content (AvgIpc) is 2.23. The summed E-state index contributed by atoms with van der Waals surface area (Å²) in [6, 6.07) is 0.689. The van der Waals surface area contributed by atoms with E-state index in [9.17, 15) is 0 Å². The third-order valence-electron chi connectivity index (χ3n) is 3.35.